The summed E-state index contributed by atoms with van der Waals surface area (Å²) in [7, 11) is 0. The fourth-order valence-corrected chi connectivity index (χ4v) is 2.15. The van der Waals surface area contributed by atoms with Crippen molar-refractivity contribution in [2.24, 2.45) is 5.92 Å². The van der Waals surface area contributed by atoms with Crippen molar-refractivity contribution in [2.75, 3.05) is 25.2 Å². The van der Waals surface area contributed by atoms with Gasteiger partial charge in [-0.3, -0.25) is 0 Å². The smallest absolute Gasteiger partial charge is 0.119 e. The molecule has 0 bridgehead atoms. The summed E-state index contributed by atoms with van der Waals surface area (Å²) >= 11 is 5.38. The number of hydrogen-bond donors (Lipinski definition) is 1. The van der Waals surface area contributed by atoms with Crippen molar-refractivity contribution in [3.63, 3.8) is 0 Å². The Labute approximate surface area is 123 Å². The molecule has 18 heavy (non-hydrogen) atoms. The second-order valence-corrected chi connectivity index (χ2v) is 6.46. The summed E-state index contributed by atoms with van der Waals surface area (Å²) in [5.74, 6) is 2.65. The molecule has 0 saturated heterocycles. The quantitative estimate of drug-likeness (QED) is 0.729. The first kappa shape index (κ1) is 15.9. The van der Waals surface area contributed by atoms with Crippen LogP contribution in [-0.2, 0) is 6.54 Å². The van der Waals surface area contributed by atoms with E-state index in [1.54, 1.807) is 11.8 Å². The molecule has 0 aliphatic carbocycles. The van der Waals surface area contributed by atoms with Crippen molar-refractivity contribution in [3.8, 4) is 5.75 Å². The van der Waals surface area contributed by atoms with Gasteiger partial charge in [-0.2, -0.15) is 11.8 Å². The summed E-state index contributed by atoms with van der Waals surface area (Å²) in [5, 5.41) is 3.45. The van der Waals surface area contributed by atoms with Crippen LogP contribution in [0.5, 0.6) is 5.75 Å². The maximum atomic E-state index is 5.70. The van der Waals surface area contributed by atoms with Crippen molar-refractivity contribution in [3.05, 3.63) is 28.2 Å². The molecular formula is C14H22BrNOS. The predicted octanol–water partition coefficient (Wildman–Crippen LogP) is 3.94. The molecule has 0 heterocycles. The first-order valence-corrected chi connectivity index (χ1v) is 8.43. The van der Waals surface area contributed by atoms with E-state index in [1.807, 2.05) is 6.07 Å². The van der Waals surface area contributed by atoms with Crippen LogP contribution in [0.1, 0.15) is 19.4 Å². The number of halogens is 1. The Bertz CT molecular complexity index is 358. The summed E-state index contributed by atoms with van der Waals surface area (Å²) < 4.78 is 6.84. The molecule has 2 nitrogen and oxygen atoms in total. The summed E-state index contributed by atoms with van der Waals surface area (Å²) in [6, 6.07) is 6.18. The minimum atomic E-state index is 0.671. The lowest BCUT2D eigenvalue weighted by atomic mass is 10.2. The van der Waals surface area contributed by atoms with Gasteiger partial charge in [-0.25, -0.2) is 0 Å². The lowest BCUT2D eigenvalue weighted by Gasteiger charge is -2.11. The Morgan fingerprint density at radius 1 is 1.39 bits per heavy atom. The van der Waals surface area contributed by atoms with E-state index >= 15 is 0 Å². The highest BCUT2D eigenvalue weighted by atomic mass is 79.9. The highest BCUT2D eigenvalue weighted by molar-refractivity contribution is 9.10. The molecule has 1 N–H and O–H groups in total. The second-order valence-electron chi connectivity index (χ2n) is 4.62. The molecule has 0 saturated carbocycles. The topological polar surface area (TPSA) is 21.3 Å². The molecule has 0 aliphatic heterocycles. The van der Waals surface area contributed by atoms with E-state index in [4.69, 9.17) is 4.74 Å². The van der Waals surface area contributed by atoms with Gasteiger partial charge in [0.25, 0.3) is 0 Å². The molecule has 0 radical (unpaired) electrons. The lowest BCUT2D eigenvalue weighted by molar-refractivity contribution is 0.343. The van der Waals surface area contributed by atoms with E-state index in [0.29, 0.717) is 5.92 Å². The fourth-order valence-electron chi connectivity index (χ4n) is 1.51. The zero-order valence-electron chi connectivity index (χ0n) is 11.3. The third kappa shape index (κ3) is 6.12. The molecule has 1 rings (SSSR count). The normalized spacial score (nSPS) is 10.9. The van der Waals surface area contributed by atoms with Crippen LogP contribution in [0.25, 0.3) is 0 Å². The van der Waals surface area contributed by atoms with Crippen molar-refractivity contribution >= 4 is 27.7 Å². The van der Waals surface area contributed by atoms with E-state index in [9.17, 15) is 0 Å². The zero-order valence-corrected chi connectivity index (χ0v) is 13.7. The van der Waals surface area contributed by atoms with E-state index in [0.717, 1.165) is 35.7 Å². The van der Waals surface area contributed by atoms with Crippen LogP contribution in [0.3, 0.4) is 0 Å². The molecule has 0 spiro atoms. The lowest BCUT2D eigenvalue weighted by Crippen LogP contribution is -2.19. The van der Waals surface area contributed by atoms with Crippen LogP contribution in [0.2, 0.25) is 0 Å². The van der Waals surface area contributed by atoms with Gasteiger partial charge in [0.15, 0.2) is 0 Å². The number of rotatable bonds is 8. The Morgan fingerprint density at radius 3 is 2.83 bits per heavy atom. The Morgan fingerprint density at radius 2 is 2.17 bits per heavy atom. The highest BCUT2D eigenvalue weighted by Gasteiger charge is 2.03. The van der Waals surface area contributed by atoms with E-state index < -0.39 is 0 Å². The molecule has 0 aromatic heterocycles. The van der Waals surface area contributed by atoms with Gasteiger partial charge in [-0.15, -0.1) is 0 Å². The standard InChI is InChI=1S/C14H22BrNOS/c1-11(2)9-16-10-12-8-13(4-5-14(12)15)17-6-7-18-3/h4-5,8,11,16H,6-7,9-10H2,1-3H3. The number of thioether (sulfide) groups is 1. The average Bonchev–Trinajstić information content (AvgIpc) is 2.33. The summed E-state index contributed by atoms with van der Waals surface area (Å²) in [6.07, 6.45) is 2.09. The van der Waals surface area contributed by atoms with Gasteiger partial charge >= 0.3 is 0 Å². The van der Waals surface area contributed by atoms with Crippen molar-refractivity contribution in [2.45, 2.75) is 20.4 Å². The Kier molecular flexibility index (Phi) is 7.79. The molecule has 0 atom stereocenters. The van der Waals surface area contributed by atoms with Gasteiger partial charge < -0.3 is 10.1 Å². The molecular weight excluding hydrogens is 310 g/mol. The summed E-state index contributed by atoms with van der Waals surface area (Å²) in [5.41, 5.74) is 1.25. The van der Waals surface area contributed by atoms with Gasteiger partial charge in [-0.1, -0.05) is 29.8 Å². The largest absolute Gasteiger partial charge is 0.493 e. The van der Waals surface area contributed by atoms with Crippen LogP contribution in [0.4, 0.5) is 0 Å². The molecule has 4 heteroatoms. The molecule has 102 valence electrons. The van der Waals surface area contributed by atoms with Gasteiger partial charge in [-0.05, 0) is 42.5 Å². The minimum Gasteiger partial charge on any atom is -0.493 e. The van der Waals surface area contributed by atoms with Gasteiger partial charge in [0, 0.05) is 16.8 Å². The number of ether oxygens (including phenoxy) is 1. The monoisotopic (exact) mass is 331 g/mol. The SMILES string of the molecule is CSCCOc1ccc(Br)c(CNCC(C)C)c1. The Balaban J connectivity index is 2.52. The van der Waals surface area contributed by atoms with Gasteiger partial charge in [0.1, 0.15) is 5.75 Å². The maximum absolute atomic E-state index is 5.70. The molecule has 0 fully saturated rings. The van der Waals surface area contributed by atoms with Crippen LogP contribution in [0.15, 0.2) is 22.7 Å². The molecule has 0 amide bonds. The molecule has 0 unspecified atom stereocenters. The summed E-state index contributed by atoms with van der Waals surface area (Å²) in [4.78, 5) is 0. The number of hydrogen-bond acceptors (Lipinski definition) is 3. The molecule has 1 aromatic rings. The summed E-state index contributed by atoms with van der Waals surface area (Å²) in [6.45, 7) is 7.10. The number of nitrogens with one attached hydrogen (secondary N) is 1. The molecule has 1 aromatic carbocycles. The first-order chi connectivity index (χ1) is 8.63. The van der Waals surface area contributed by atoms with E-state index in [1.165, 1.54) is 5.56 Å². The van der Waals surface area contributed by atoms with Crippen molar-refractivity contribution < 1.29 is 4.74 Å². The van der Waals surface area contributed by atoms with Crippen molar-refractivity contribution in [1.29, 1.82) is 0 Å². The fraction of sp³-hybridized carbons (Fsp3) is 0.571. The third-order valence-electron chi connectivity index (χ3n) is 2.44. The van der Waals surface area contributed by atoms with Crippen LogP contribution in [-0.4, -0.2) is 25.2 Å². The zero-order chi connectivity index (χ0) is 13.4. The first-order valence-electron chi connectivity index (χ1n) is 6.24. The van der Waals surface area contributed by atoms with Crippen LogP contribution >= 0.6 is 27.7 Å². The van der Waals surface area contributed by atoms with Crippen LogP contribution in [0, 0.1) is 5.92 Å². The predicted molar refractivity (Wildman–Crippen MR) is 84.6 cm³/mol. The maximum Gasteiger partial charge on any atom is 0.119 e. The minimum absolute atomic E-state index is 0.671. The van der Waals surface area contributed by atoms with E-state index in [2.05, 4.69) is 53.5 Å². The number of benzene rings is 1. The third-order valence-corrected chi connectivity index (χ3v) is 3.79. The van der Waals surface area contributed by atoms with Crippen LogP contribution < -0.4 is 10.1 Å². The van der Waals surface area contributed by atoms with Crippen molar-refractivity contribution in [1.82, 2.24) is 5.32 Å². The second kappa shape index (κ2) is 8.83. The molecule has 0 aliphatic rings. The average molecular weight is 332 g/mol. The van der Waals surface area contributed by atoms with Gasteiger partial charge in [0.05, 0.1) is 6.61 Å². The highest BCUT2D eigenvalue weighted by Crippen LogP contribution is 2.22. The van der Waals surface area contributed by atoms with Gasteiger partial charge in [0.2, 0.25) is 0 Å². The Hall–Kier alpha value is -0.190. The van der Waals surface area contributed by atoms with E-state index in [-0.39, 0.29) is 0 Å².